The van der Waals surface area contributed by atoms with E-state index in [9.17, 15) is 19.0 Å². The third kappa shape index (κ3) is 48.0. The molecule has 1 amide bonds. The molecule has 68 heavy (non-hydrogen) atoms. The molecule has 0 fully saturated rings. The fraction of sp³-hybridized carbons (Fsp3) is 0.690. The summed E-state index contributed by atoms with van der Waals surface area (Å²) in [6.07, 6.45) is 62.3. The number of carbonyl (C=O) groups excluding carboxylic acids is 2. The number of hydrogen-bond acceptors (Lipinski definition) is 7. The molecule has 9 nitrogen and oxygen atoms in total. The van der Waals surface area contributed by atoms with Gasteiger partial charge in [0.25, 0.3) is 7.82 Å². The van der Waals surface area contributed by atoms with Crippen LogP contribution in [0.5, 0.6) is 0 Å². The first kappa shape index (κ1) is 64.9. The number of nitrogens with one attached hydrogen (secondary N) is 1. The van der Waals surface area contributed by atoms with Crippen molar-refractivity contribution in [2.75, 3.05) is 40.9 Å². The molecule has 0 aliphatic heterocycles. The van der Waals surface area contributed by atoms with Gasteiger partial charge in [-0.25, -0.2) is 0 Å². The van der Waals surface area contributed by atoms with Crippen LogP contribution in [0.4, 0.5) is 0 Å². The lowest BCUT2D eigenvalue weighted by Crippen LogP contribution is -2.47. The number of allylic oxidation sites excluding steroid dienone is 15. The Morgan fingerprint density at radius 3 is 1.59 bits per heavy atom. The molecular weight excluding hydrogens is 868 g/mol. The molecular formula is C58H101N2O7P. The molecule has 3 unspecified atom stereocenters. The molecule has 1 N–H and O–H groups in total. The molecule has 0 radical (unpaired) electrons. The maximum absolute atomic E-state index is 13.4. The van der Waals surface area contributed by atoms with Gasteiger partial charge in [0.05, 0.1) is 33.8 Å². The van der Waals surface area contributed by atoms with Gasteiger partial charge in [-0.1, -0.05) is 202 Å². The Bertz CT molecular complexity index is 1490. The molecule has 0 heterocycles. The smallest absolute Gasteiger partial charge is 0.306 e. The van der Waals surface area contributed by atoms with E-state index >= 15 is 0 Å². The maximum atomic E-state index is 13.4. The van der Waals surface area contributed by atoms with Crippen molar-refractivity contribution in [1.29, 1.82) is 0 Å². The molecule has 0 rings (SSSR count). The van der Waals surface area contributed by atoms with Crippen molar-refractivity contribution >= 4 is 19.7 Å². The number of likely N-dealkylation sites (N-methyl/N-ethyl adjacent to an activating group) is 1. The van der Waals surface area contributed by atoms with Gasteiger partial charge in [-0.05, 0) is 89.5 Å². The van der Waals surface area contributed by atoms with Crippen LogP contribution in [0.2, 0.25) is 0 Å². The molecule has 3 atom stereocenters. The van der Waals surface area contributed by atoms with Gasteiger partial charge in [0.15, 0.2) is 0 Å². The number of quaternary nitrogens is 1. The van der Waals surface area contributed by atoms with E-state index in [-0.39, 0.29) is 31.3 Å². The zero-order chi connectivity index (χ0) is 50.1. The number of amides is 1. The minimum atomic E-state index is -4.71. The summed E-state index contributed by atoms with van der Waals surface area (Å²) in [5.74, 6) is -0.601. The zero-order valence-corrected chi connectivity index (χ0v) is 45.2. The van der Waals surface area contributed by atoms with Crippen LogP contribution in [0.1, 0.15) is 207 Å². The first-order chi connectivity index (χ1) is 32.9. The third-order valence-electron chi connectivity index (χ3n) is 11.3. The summed E-state index contributed by atoms with van der Waals surface area (Å²) in [6.45, 7) is 6.53. The summed E-state index contributed by atoms with van der Waals surface area (Å²) in [6, 6.07) is -0.914. The summed E-state index contributed by atoms with van der Waals surface area (Å²) in [7, 11) is 1.14. The quantitative estimate of drug-likeness (QED) is 0.0161. The zero-order valence-electron chi connectivity index (χ0n) is 44.3. The Kier molecular flexibility index (Phi) is 45.5. The Morgan fingerprint density at radius 1 is 0.544 bits per heavy atom. The molecule has 0 aromatic heterocycles. The first-order valence-electron chi connectivity index (χ1n) is 27.1. The highest BCUT2D eigenvalue weighted by Crippen LogP contribution is 2.38. The predicted molar refractivity (Wildman–Crippen MR) is 288 cm³/mol. The van der Waals surface area contributed by atoms with Crippen LogP contribution in [0, 0.1) is 0 Å². The van der Waals surface area contributed by atoms with Crippen LogP contribution in [0.3, 0.4) is 0 Å². The minimum absolute atomic E-state index is 0.0359. The van der Waals surface area contributed by atoms with Gasteiger partial charge in [-0.3, -0.25) is 14.2 Å². The van der Waals surface area contributed by atoms with Crippen LogP contribution in [-0.2, 0) is 27.9 Å². The number of rotatable bonds is 47. The lowest BCUT2D eigenvalue weighted by Gasteiger charge is -2.30. The summed E-state index contributed by atoms with van der Waals surface area (Å²) in [5.41, 5.74) is 0. The van der Waals surface area contributed by atoms with Gasteiger partial charge < -0.3 is 28.5 Å². The third-order valence-corrected chi connectivity index (χ3v) is 12.3. The number of carbonyl (C=O) groups is 2. The second kappa shape index (κ2) is 47.6. The lowest BCUT2D eigenvalue weighted by atomic mass is 10.1. The molecule has 0 spiro atoms. The molecule has 0 saturated carbocycles. The van der Waals surface area contributed by atoms with E-state index in [1.54, 1.807) is 0 Å². The molecule has 0 aromatic carbocycles. The van der Waals surface area contributed by atoms with Crippen LogP contribution < -0.4 is 10.2 Å². The summed E-state index contributed by atoms with van der Waals surface area (Å²) < 4.78 is 30.1. The summed E-state index contributed by atoms with van der Waals surface area (Å²) >= 11 is 0. The van der Waals surface area contributed by atoms with Gasteiger partial charge in [-0.15, -0.1) is 0 Å². The Morgan fingerprint density at radius 2 is 1.01 bits per heavy atom. The second-order valence-electron chi connectivity index (χ2n) is 19.0. The van der Waals surface area contributed by atoms with E-state index in [2.05, 4.69) is 111 Å². The van der Waals surface area contributed by atoms with Crippen LogP contribution >= 0.6 is 7.82 Å². The molecule has 0 aliphatic rings. The minimum Gasteiger partial charge on any atom is -0.756 e. The van der Waals surface area contributed by atoms with Gasteiger partial charge >= 0.3 is 5.97 Å². The van der Waals surface area contributed by atoms with Gasteiger partial charge in [0.1, 0.15) is 19.3 Å². The Hall–Kier alpha value is -3.07. The van der Waals surface area contributed by atoms with E-state index in [0.29, 0.717) is 23.9 Å². The van der Waals surface area contributed by atoms with Crippen molar-refractivity contribution in [3.05, 3.63) is 97.2 Å². The van der Waals surface area contributed by atoms with E-state index in [4.69, 9.17) is 13.8 Å². The maximum Gasteiger partial charge on any atom is 0.306 e. The van der Waals surface area contributed by atoms with Crippen molar-refractivity contribution in [3.63, 3.8) is 0 Å². The largest absolute Gasteiger partial charge is 0.756 e. The predicted octanol–water partition coefficient (Wildman–Crippen LogP) is 15.4. The van der Waals surface area contributed by atoms with E-state index in [0.717, 1.165) is 96.3 Å². The van der Waals surface area contributed by atoms with Crippen LogP contribution in [0.25, 0.3) is 0 Å². The average molecular weight is 969 g/mol. The van der Waals surface area contributed by atoms with Crippen molar-refractivity contribution < 1.29 is 37.3 Å². The number of esters is 1. The van der Waals surface area contributed by atoms with Crippen molar-refractivity contribution in [1.82, 2.24) is 5.32 Å². The van der Waals surface area contributed by atoms with E-state index in [1.165, 1.54) is 64.2 Å². The highest BCUT2D eigenvalue weighted by molar-refractivity contribution is 7.45. The molecule has 0 aliphatic carbocycles. The van der Waals surface area contributed by atoms with E-state index < -0.39 is 26.6 Å². The number of hydrogen-bond donors (Lipinski definition) is 1. The molecule has 390 valence electrons. The van der Waals surface area contributed by atoms with Gasteiger partial charge in [-0.2, -0.15) is 0 Å². The van der Waals surface area contributed by atoms with Gasteiger partial charge in [0, 0.05) is 12.8 Å². The van der Waals surface area contributed by atoms with Crippen LogP contribution in [-0.4, -0.2) is 69.4 Å². The average Bonchev–Trinajstić information content (AvgIpc) is 3.29. The SMILES string of the molecule is CC/C=C/C=C/C=C/CCCCCCCCCC(=O)OC(/C=C/CCCCCCCCCCC)C(COP(=O)([O-])OCC[N+](C)(C)C)NC(=O)CCCCC/C=C/C/C=C/C/C=C/C/C=C/CC. The topological polar surface area (TPSA) is 114 Å². The summed E-state index contributed by atoms with van der Waals surface area (Å²) in [5, 5.41) is 2.99. The van der Waals surface area contributed by atoms with Crippen LogP contribution in [0.15, 0.2) is 97.2 Å². The number of phosphoric ester groups is 1. The Balaban J connectivity index is 5.45. The van der Waals surface area contributed by atoms with E-state index in [1.807, 2.05) is 33.3 Å². The first-order valence-corrected chi connectivity index (χ1v) is 28.5. The number of ether oxygens (including phenoxy) is 1. The van der Waals surface area contributed by atoms with Crippen molar-refractivity contribution in [2.24, 2.45) is 0 Å². The lowest BCUT2D eigenvalue weighted by molar-refractivity contribution is -0.870. The van der Waals surface area contributed by atoms with Crippen molar-refractivity contribution in [3.8, 4) is 0 Å². The number of unbranched alkanes of at least 4 members (excludes halogenated alkanes) is 19. The highest BCUT2D eigenvalue weighted by Gasteiger charge is 2.27. The standard InChI is InChI=1S/C58H101N2O7P/c1-7-10-13-16-19-22-25-27-29-31-32-35-38-41-44-47-50-57(61)59-55(54-66-68(63,64)65-53-52-60(4,5)6)56(49-46-43-40-37-34-24-21-18-15-12-9-3)67-58(62)51-48-45-42-39-36-33-30-28-26-23-20-17-14-11-8-2/h10-11,13-14,17,19-20,22-23,26-27,29,32,35,46,49,55-56H,7-9,12,15-16,18,21,24-25,28,30-31,33-34,36-45,47-48,50-54H2,1-6H3,(H-,59,61,63,64)/b13-10+,14-11+,20-17+,22-19+,26-23+,29-27+,35-32+,49-46+. The second-order valence-corrected chi connectivity index (χ2v) is 20.4. The molecule has 0 saturated heterocycles. The Labute approximate surface area is 418 Å². The van der Waals surface area contributed by atoms with Gasteiger partial charge in [0.2, 0.25) is 5.91 Å². The molecule has 0 bridgehead atoms. The number of nitrogens with zero attached hydrogens (tertiary/aromatic N) is 1. The normalized spacial score (nSPS) is 14.6. The number of phosphoric acid groups is 1. The highest BCUT2D eigenvalue weighted by atomic mass is 31.2. The molecule has 10 heteroatoms. The van der Waals surface area contributed by atoms with Crippen molar-refractivity contribution in [2.45, 2.75) is 219 Å². The fourth-order valence-electron chi connectivity index (χ4n) is 7.16. The summed E-state index contributed by atoms with van der Waals surface area (Å²) in [4.78, 5) is 39.7. The fourth-order valence-corrected chi connectivity index (χ4v) is 7.88. The molecule has 0 aromatic rings. The monoisotopic (exact) mass is 969 g/mol.